The number of hydrogen-bond donors (Lipinski definition) is 2. The Morgan fingerprint density at radius 2 is 1.88 bits per heavy atom. The number of anilines is 1. The number of carbonyl (C=O) groups excluding carboxylic acids is 2. The lowest BCUT2D eigenvalue weighted by atomic mass is 9.92. The fourth-order valence-corrected chi connectivity index (χ4v) is 3.44. The van der Waals surface area contributed by atoms with Crippen LogP contribution in [0.3, 0.4) is 0 Å². The summed E-state index contributed by atoms with van der Waals surface area (Å²) in [6.45, 7) is 0.767. The number of nitrogens with zero attached hydrogens (tertiary/aromatic N) is 1. The second-order valence-corrected chi connectivity index (χ2v) is 6.09. The lowest BCUT2D eigenvalue weighted by Gasteiger charge is -2.42. The van der Waals surface area contributed by atoms with E-state index in [0.29, 0.717) is 29.8 Å². The van der Waals surface area contributed by atoms with Gasteiger partial charge in [0, 0.05) is 18.5 Å². The number of para-hydroxylation sites is 1. The van der Waals surface area contributed by atoms with Gasteiger partial charge in [-0.2, -0.15) is 0 Å². The van der Waals surface area contributed by atoms with E-state index in [4.69, 9.17) is 9.84 Å². The molecule has 0 aliphatic carbocycles. The molecule has 0 fully saturated rings. The first-order valence-electron chi connectivity index (χ1n) is 8.26. The van der Waals surface area contributed by atoms with Crippen LogP contribution in [0, 0.1) is 0 Å². The molecule has 2 aromatic rings. The number of ketones is 1. The van der Waals surface area contributed by atoms with Gasteiger partial charge in [-0.3, -0.25) is 9.59 Å². The number of ether oxygens (including phenoxy) is 1. The van der Waals surface area contributed by atoms with E-state index in [0.717, 1.165) is 11.3 Å². The molecule has 128 valence electrons. The predicted octanol–water partition coefficient (Wildman–Crippen LogP) is 1.89. The van der Waals surface area contributed by atoms with Crippen LogP contribution in [0.15, 0.2) is 42.5 Å². The van der Waals surface area contributed by atoms with Crippen LogP contribution in [-0.2, 0) is 0 Å². The number of hydrogen-bond acceptors (Lipinski definition) is 5. The maximum absolute atomic E-state index is 12.5. The van der Waals surface area contributed by atoms with Gasteiger partial charge in [-0.15, -0.1) is 0 Å². The van der Waals surface area contributed by atoms with E-state index in [1.54, 1.807) is 18.2 Å². The largest absolute Gasteiger partial charge is 0.491 e. The molecule has 0 bridgehead atoms. The summed E-state index contributed by atoms with van der Waals surface area (Å²) in [4.78, 5) is 26.8. The van der Waals surface area contributed by atoms with Gasteiger partial charge in [0.05, 0.1) is 17.9 Å². The molecule has 25 heavy (non-hydrogen) atoms. The Morgan fingerprint density at radius 3 is 2.64 bits per heavy atom. The van der Waals surface area contributed by atoms with Crippen molar-refractivity contribution in [3.8, 4) is 5.75 Å². The number of nitrogens with one attached hydrogen (secondary N) is 1. The van der Waals surface area contributed by atoms with Crippen molar-refractivity contribution < 1.29 is 19.4 Å². The van der Waals surface area contributed by atoms with E-state index < -0.39 is 0 Å². The highest BCUT2D eigenvalue weighted by Crippen LogP contribution is 2.39. The monoisotopic (exact) mass is 338 g/mol. The summed E-state index contributed by atoms with van der Waals surface area (Å²) in [6.07, 6.45) is 0.113. The highest BCUT2D eigenvalue weighted by molar-refractivity contribution is 6.11. The Labute approximate surface area is 145 Å². The molecular weight excluding hydrogens is 320 g/mol. The second kappa shape index (κ2) is 6.22. The van der Waals surface area contributed by atoms with Gasteiger partial charge >= 0.3 is 0 Å². The standard InChI is InChI=1S/C19H18N2O4/c22-10-11-25-13-6-4-12(5-7-13)18-20-19(24)15-3-1-2-14-16(23)8-9-21(18)17(14)15/h1-7,18,22H,8-11H2,(H,20,24). The Hall–Kier alpha value is -2.86. The summed E-state index contributed by atoms with van der Waals surface area (Å²) in [5.74, 6) is 0.567. The average molecular weight is 338 g/mol. The summed E-state index contributed by atoms with van der Waals surface area (Å²) in [5.41, 5.74) is 2.81. The number of amides is 1. The van der Waals surface area contributed by atoms with E-state index in [9.17, 15) is 9.59 Å². The third-order valence-electron chi connectivity index (χ3n) is 4.58. The molecule has 1 amide bonds. The van der Waals surface area contributed by atoms with Crippen molar-refractivity contribution in [3.05, 3.63) is 59.2 Å². The molecule has 2 aliphatic heterocycles. The van der Waals surface area contributed by atoms with Crippen molar-refractivity contribution in [2.75, 3.05) is 24.7 Å². The molecule has 4 rings (SSSR count). The van der Waals surface area contributed by atoms with Gasteiger partial charge in [-0.1, -0.05) is 18.2 Å². The Balaban J connectivity index is 1.70. The molecule has 1 unspecified atom stereocenters. The molecule has 0 radical (unpaired) electrons. The molecule has 0 saturated carbocycles. The van der Waals surface area contributed by atoms with E-state index in [1.807, 2.05) is 24.3 Å². The minimum absolute atomic E-state index is 0.0399. The van der Waals surface area contributed by atoms with Crippen molar-refractivity contribution >= 4 is 17.4 Å². The van der Waals surface area contributed by atoms with Crippen molar-refractivity contribution in [1.82, 2.24) is 5.32 Å². The predicted molar refractivity (Wildman–Crippen MR) is 92.0 cm³/mol. The van der Waals surface area contributed by atoms with Crippen LogP contribution in [0.1, 0.15) is 38.9 Å². The third kappa shape index (κ3) is 2.64. The van der Waals surface area contributed by atoms with E-state index in [1.165, 1.54) is 0 Å². The van der Waals surface area contributed by atoms with Crippen LogP contribution in [0.4, 0.5) is 5.69 Å². The summed E-state index contributed by atoms with van der Waals surface area (Å²) in [7, 11) is 0. The summed E-state index contributed by atoms with van der Waals surface area (Å²) in [5, 5.41) is 11.8. The van der Waals surface area contributed by atoms with Gasteiger partial charge in [-0.05, 0) is 29.8 Å². The number of Topliss-reactive ketones (excluding diaryl/α,β-unsaturated/α-hetero) is 1. The van der Waals surface area contributed by atoms with Gasteiger partial charge in [0.2, 0.25) is 0 Å². The number of aliphatic hydroxyl groups is 1. The molecule has 2 aromatic carbocycles. The topological polar surface area (TPSA) is 78.9 Å². The van der Waals surface area contributed by atoms with E-state index >= 15 is 0 Å². The molecule has 6 nitrogen and oxygen atoms in total. The molecule has 2 N–H and O–H groups in total. The zero-order valence-corrected chi connectivity index (χ0v) is 13.6. The lowest BCUT2D eigenvalue weighted by molar-refractivity contribution is 0.0921. The average Bonchev–Trinajstić information content (AvgIpc) is 2.65. The summed E-state index contributed by atoms with van der Waals surface area (Å²) >= 11 is 0. The molecule has 0 saturated heterocycles. The fraction of sp³-hybridized carbons (Fsp3) is 0.263. The zero-order chi connectivity index (χ0) is 17.4. The minimum Gasteiger partial charge on any atom is -0.491 e. The molecule has 2 heterocycles. The SMILES string of the molecule is O=C1CCN2c3c1cccc3C(=O)NC2c1ccc(OCCO)cc1. The third-order valence-corrected chi connectivity index (χ3v) is 4.58. The van der Waals surface area contributed by atoms with Crippen LogP contribution in [-0.4, -0.2) is 36.6 Å². The Morgan fingerprint density at radius 1 is 1.12 bits per heavy atom. The maximum atomic E-state index is 12.5. The lowest BCUT2D eigenvalue weighted by Crippen LogP contribution is -2.49. The van der Waals surface area contributed by atoms with Gasteiger partial charge in [0.25, 0.3) is 5.91 Å². The van der Waals surface area contributed by atoms with Gasteiger partial charge < -0.3 is 20.1 Å². The van der Waals surface area contributed by atoms with Crippen LogP contribution < -0.4 is 15.0 Å². The summed E-state index contributed by atoms with van der Waals surface area (Å²) in [6, 6.07) is 12.7. The summed E-state index contributed by atoms with van der Waals surface area (Å²) < 4.78 is 5.38. The van der Waals surface area contributed by atoms with Crippen molar-refractivity contribution in [1.29, 1.82) is 0 Å². The second-order valence-electron chi connectivity index (χ2n) is 6.09. The maximum Gasteiger partial charge on any atom is 0.255 e. The number of rotatable bonds is 4. The molecule has 6 heteroatoms. The number of carbonyl (C=O) groups is 2. The van der Waals surface area contributed by atoms with Gasteiger partial charge in [0.15, 0.2) is 5.78 Å². The highest BCUT2D eigenvalue weighted by Gasteiger charge is 2.37. The quantitative estimate of drug-likeness (QED) is 0.890. The Kier molecular flexibility index (Phi) is 3.89. The van der Waals surface area contributed by atoms with Crippen LogP contribution in [0.5, 0.6) is 5.75 Å². The number of benzene rings is 2. The van der Waals surface area contributed by atoms with Gasteiger partial charge in [0.1, 0.15) is 18.5 Å². The molecular formula is C19H18N2O4. The Bertz CT molecular complexity index is 818. The van der Waals surface area contributed by atoms with Crippen LogP contribution in [0.25, 0.3) is 0 Å². The van der Waals surface area contributed by atoms with E-state index in [-0.39, 0.29) is 31.1 Å². The fourth-order valence-electron chi connectivity index (χ4n) is 3.44. The molecule has 0 aromatic heterocycles. The first-order valence-corrected chi connectivity index (χ1v) is 8.26. The van der Waals surface area contributed by atoms with Crippen LogP contribution in [0.2, 0.25) is 0 Å². The molecule has 1 atom stereocenters. The van der Waals surface area contributed by atoms with Gasteiger partial charge in [-0.25, -0.2) is 0 Å². The highest BCUT2D eigenvalue weighted by atomic mass is 16.5. The van der Waals surface area contributed by atoms with Crippen molar-refractivity contribution in [2.45, 2.75) is 12.6 Å². The first-order chi connectivity index (χ1) is 12.2. The smallest absolute Gasteiger partial charge is 0.255 e. The molecule has 2 aliphatic rings. The minimum atomic E-state index is -0.318. The zero-order valence-electron chi connectivity index (χ0n) is 13.6. The normalized spacial score (nSPS) is 18.6. The van der Waals surface area contributed by atoms with E-state index in [2.05, 4.69) is 10.2 Å². The number of aliphatic hydroxyl groups excluding tert-OH is 1. The van der Waals surface area contributed by atoms with Crippen LogP contribution >= 0.6 is 0 Å². The molecule has 0 spiro atoms. The van der Waals surface area contributed by atoms with Crippen molar-refractivity contribution in [2.24, 2.45) is 0 Å². The first kappa shape index (κ1) is 15.7. The van der Waals surface area contributed by atoms with Crippen molar-refractivity contribution in [3.63, 3.8) is 0 Å².